The number of hydrogen-bond donors (Lipinski definition) is 10. The van der Waals surface area contributed by atoms with E-state index in [2.05, 4.69) is 29.4 Å². The fourth-order valence-electron chi connectivity index (χ4n) is 13.1. The molecule has 10 N–H and O–H groups in total. The van der Waals surface area contributed by atoms with Gasteiger partial charge in [-0.05, 0) is 161 Å². The lowest BCUT2D eigenvalue weighted by Crippen LogP contribution is -2.50. The van der Waals surface area contributed by atoms with Crippen LogP contribution in [0, 0.1) is 52.8 Å². The Labute approximate surface area is 445 Å². The number of nitrogens with one attached hydrogen (secondary N) is 2. The zero-order valence-corrected chi connectivity index (χ0v) is 45.3. The number of aliphatic hydroxyl groups is 6. The van der Waals surface area contributed by atoms with E-state index in [1.54, 1.807) is 19.2 Å². The number of fused-ring (bicyclic) bond motifs is 3. The van der Waals surface area contributed by atoms with Crippen molar-refractivity contribution in [2.45, 2.75) is 158 Å². The monoisotopic (exact) mass is 1070 g/mol. The van der Waals surface area contributed by atoms with Crippen LogP contribution in [0.2, 0.25) is 0 Å². The number of aryl methyl sites for hydroxylation is 1. The van der Waals surface area contributed by atoms with Crippen LogP contribution in [-0.4, -0.2) is 143 Å². The summed E-state index contributed by atoms with van der Waals surface area (Å²) in [6.07, 6.45) is 7.57. The lowest BCUT2D eigenvalue weighted by molar-refractivity contribution is -0.119. The van der Waals surface area contributed by atoms with Crippen LogP contribution < -0.4 is 24.8 Å². The molecule has 3 aliphatic heterocycles. The Morgan fingerprint density at radius 3 is 2.51 bits per heavy atom. The molecule has 74 heavy (non-hydrogen) atoms. The summed E-state index contributed by atoms with van der Waals surface area (Å²) in [5.74, 6) is 8.44. The number of aliphatic hydroxyl groups excluding tert-OH is 6. The molecule has 1 spiro atoms. The molecule has 1 saturated heterocycles. The lowest BCUT2D eigenvalue weighted by Gasteiger charge is -2.53. The van der Waals surface area contributed by atoms with Gasteiger partial charge in [0.1, 0.15) is 6.79 Å². The Balaban J connectivity index is 1.13. The largest absolute Gasteiger partial charge is 0.504 e. The fourth-order valence-corrected chi connectivity index (χ4v) is 16.0. The van der Waals surface area contributed by atoms with Gasteiger partial charge >= 0.3 is 0 Å². The fraction of sp³-hybridized carbons (Fsp3) is 0.732. The summed E-state index contributed by atoms with van der Waals surface area (Å²) in [6.45, 7) is 3.28. The van der Waals surface area contributed by atoms with E-state index in [0.717, 1.165) is 88.4 Å². The van der Waals surface area contributed by atoms with E-state index >= 15 is 0 Å². The molecule has 3 fully saturated rings. The van der Waals surface area contributed by atoms with E-state index in [0.29, 0.717) is 61.9 Å². The predicted molar refractivity (Wildman–Crippen MR) is 285 cm³/mol. The van der Waals surface area contributed by atoms with Gasteiger partial charge in [-0.1, -0.05) is 40.9 Å². The Morgan fingerprint density at radius 1 is 0.919 bits per heavy atom. The van der Waals surface area contributed by atoms with Crippen molar-refractivity contribution in [3.8, 4) is 40.6 Å². The van der Waals surface area contributed by atoms with Crippen LogP contribution in [0.15, 0.2) is 24.3 Å². The van der Waals surface area contributed by atoms with E-state index in [1.807, 2.05) is 6.07 Å². The molecule has 2 aliphatic carbocycles. The Morgan fingerprint density at radius 2 is 1.74 bits per heavy atom. The number of hydrogen-bond acceptors (Lipinski definition) is 17. The molecular weight excluding hydrogens is 989 g/mol. The molecular formula is C56H84N2O14S2. The quantitative estimate of drug-likeness (QED) is 0.0328. The van der Waals surface area contributed by atoms with Crippen molar-refractivity contribution in [3.63, 3.8) is 0 Å². The molecule has 0 aromatic heterocycles. The first-order valence-electron chi connectivity index (χ1n) is 27.1. The van der Waals surface area contributed by atoms with Gasteiger partial charge in [0.25, 0.3) is 0 Å². The van der Waals surface area contributed by atoms with E-state index in [4.69, 9.17) is 23.7 Å². The van der Waals surface area contributed by atoms with Crippen molar-refractivity contribution >= 4 is 27.5 Å². The summed E-state index contributed by atoms with van der Waals surface area (Å²) in [5, 5.41) is 94.4. The van der Waals surface area contributed by atoms with Crippen LogP contribution in [0.5, 0.6) is 28.7 Å². The van der Waals surface area contributed by atoms with Gasteiger partial charge in [-0.15, -0.1) is 5.92 Å². The van der Waals surface area contributed by atoms with Gasteiger partial charge < -0.3 is 75.2 Å². The summed E-state index contributed by atoms with van der Waals surface area (Å²) < 4.78 is 28.7. The van der Waals surface area contributed by atoms with Crippen LogP contribution in [-0.2, 0) is 27.1 Å². The highest BCUT2D eigenvalue weighted by Gasteiger charge is 2.52. The smallest absolute Gasteiger partial charge is 0.220 e. The Hall–Kier alpha value is -3.19. The molecule has 2 aromatic rings. The Kier molecular flexibility index (Phi) is 22.5. The third-order valence-electron chi connectivity index (χ3n) is 16.9. The van der Waals surface area contributed by atoms with Crippen molar-refractivity contribution in [1.82, 2.24) is 10.6 Å². The molecule has 16 nitrogen and oxygen atoms in total. The summed E-state index contributed by atoms with van der Waals surface area (Å²) in [5.41, 5.74) is 2.00. The molecule has 2 aromatic carbocycles. The number of amides is 1. The molecule has 14 atom stereocenters. The van der Waals surface area contributed by atoms with Crippen LogP contribution in [0.3, 0.4) is 0 Å². The molecule has 2 saturated carbocycles. The van der Waals surface area contributed by atoms with Gasteiger partial charge in [-0.25, -0.2) is 0 Å². The maximum atomic E-state index is 12.6. The maximum Gasteiger partial charge on any atom is 0.220 e. The number of carbonyl (C=O) groups excluding carboxylic acids is 1. The van der Waals surface area contributed by atoms with Gasteiger partial charge in [0, 0.05) is 74.0 Å². The van der Waals surface area contributed by atoms with E-state index in [-0.39, 0.29) is 94.7 Å². The number of rotatable bonds is 19. The number of phenolic OH excluding ortho intramolecular Hbond substituents is 2. The SMILES string of the molecule is COCCC[C@H]1NC(=O)C[C@@H]1[C@H](O)CC[C@H]1CC[C@@H](C)C[C@@]12C#CCCNC[C@@H]1CC[C@@H](Oc3cc4c(cc3O)[C@H](CCO)SSC[C@@H](O)[C@@H](Cc3cc(OC)c(O)c(OCO)c3)[C@H](O)C[C@@H](OCO)CC4)C[C@H]12. The first-order valence-corrected chi connectivity index (χ1v) is 29.5. The normalized spacial score (nSPS) is 32.4. The zero-order valence-electron chi connectivity index (χ0n) is 43.6. The maximum absolute atomic E-state index is 12.6. The minimum atomic E-state index is -1.09. The van der Waals surface area contributed by atoms with Crippen molar-refractivity contribution in [3.05, 3.63) is 41.0 Å². The minimum Gasteiger partial charge on any atom is -0.504 e. The lowest BCUT2D eigenvalue weighted by atomic mass is 9.51. The standard InChI is InChI=1S/C56H84N2O14S2/c1-34-8-11-38(12-15-46(62)42-28-54(66)58-45(42)7-6-20-68-2)56(29-34)17-4-5-18-57-30-37-10-14-40(25-44(37)56)72-50-24-36-9-13-39(70-32-60)26-47(63)43(21-35-22-51(69-3)55(67)52(23-35)71-33-61)49(65)31-73-74-53(16-19-59)41(36)27-48(50)64/h22-24,27,34,37-40,42-47,49,53,57,59-65,67H,5-16,18-21,25-26,28-33H2,1-3H3,(H,58,66)/t34-,37+,38-,39+,40-,42+,43+,44-,45-,46-,47-,49-,53+,56+/m1/s1. The summed E-state index contributed by atoms with van der Waals surface area (Å²) in [7, 11) is 5.96. The number of ether oxygens (including phenoxy) is 5. The third kappa shape index (κ3) is 14.9. The first-order chi connectivity index (χ1) is 35.8. The molecule has 18 heteroatoms. The second-order valence-corrected chi connectivity index (χ2v) is 24.2. The summed E-state index contributed by atoms with van der Waals surface area (Å²) in [4.78, 5) is 12.6. The second-order valence-electron chi connectivity index (χ2n) is 21.6. The van der Waals surface area contributed by atoms with Crippen molar-refractivity contribution in [2.24, 2.45) is 40.9 Å². The van der Waals surface area contributed by atoms with Crippen molar-refractivity contribution in [2.75, 3.05) is 59.9 Å². The summed E-state index contributed by atoms with van der Waals surface area (Å²) in [6, 6.07) is 6.74. The van der Waals surface area contributed by atoms with Crippen molar-refractivity contribution in [1.29, 1.82) is 0 Å². The molecule has 414 valence electrons. The average Bonchev–Trinajstić information content (AvgIpc) is 3.79. The summed E-state index contributed by atoms with van der Waals surface area (Å²) >= 11 is 0. The molecule has 0 radical (unpaired) electrons. The zero-order chi connectivity index (χ0) is 52.8. The average molecular weight is 1070 g/mol. The predicted octanol–water partition coefficient (Wildman–Crippen LogP) is 6.15. The van der Waals surface area contributed by atoms with Gasteiger partial charge in [0.15, 0.2) is 29.8 Å². The molecule has 0 bridgehead atoms. The third-order valence-corrected chi connectivity index (χ3v) is 19.7. The van der Waals surface area contributed by atoms with Gasteiger partial charge in [-0.2, -0.15) is 0 Å². The van der Waals surface area contributed by atoms with E-state index < -0.39 is 43.9 Å². The number of carbonyl (C=O) groups is 1. The molecule has 0 unspecified atom stereocenters. The van der Waals surface area contributed by atoms with Gasteiger partial charge in [0.2, 0.25) is 11.7 Å². The van der Waals surface area contributed by atoms with Crippen molar-refractivity contribution < 1.29 is 69.3 Å². The highest BCUT2D eigenvalue weighted by molar-refractivity contribution is 8.76. The highest BCUT2D eigenvalue weighted by atomic mass is 33.1. The van der Waals surface area contributed by atoms with E-state index in [1.165, 1.54) is 34.8 Å². The van der Waals surface area contributed by atoms with Crippen LogP contribution in [0.25, 0.3) is 0 Å². The highest BCUT2D eigenvalue weighted by Crippen LogP contribution is 2.57. The minimum absolute atomic E-state index is 0.000445. The number of methoxy groups -OCH3 is 2. The number of phenols is 2. The Bertz CT molecular complexity index is 2160. The van der Waals surface area contributed by atoms with E-state index in [9.17, 15) is 45.6 Å². The number of aromatic hydroxyl groups is 2. The van der Waals surface area contributed by atoms with Crippen LogP contribution in [0.1, 0.15) is 125 Å². The molecule has 7 rings (SSSR count). The molecule has 5 aliphatic rings. The molecule has 3 heterocycles. The van der Waals surface area contributed by atoms with Gasteiger partial charge in [0.05, 0.1) is 37.6 Å². The number of benzene rings is 2. The van der Waals surface area contributed by atoms with Gasteiger partial charge in [-0.3, -0.25) is 4.79 Å². The van der Waals surface area contributed by atoms with Crippen LogP contribution in [0.4, 0.5) is 0 Å². The van der Waals surface area contributed by atoms with Crippen LogP contribution >= 0.6 is 21.6 Å². The first kappa shape index (κ1) is 58.5. The second kappa shape index (κ2) is 28.4. The topological polar surface area (TPSA) is 249 Å². The molecule has 1 amide bonds.